The van der Waals surface area contributed by atoms with E-state index in [9.17, 15) is 0 Å². The number of carbonyl (C=O) groups excluding carboxylic acids is 3. The summed E-state index contributed by atoms with van der Waals surface area (Å²) < 4.78 is 6.50. The van der Waals surface area contributed by atoms with E-state index in [4.69, 9.17) is 19.7 Å². The number of aromatic nitrogens is 1. The van der Waals surface area contributed by atoms with Crippen molar-refractivity contribution in [2.75, 3.05) is 25.2 Å². The van der Waals surface area contributed by atoms with E-state index in [1.165, 1.54) is 39.8 Å². The predicted molar refractivity (Wildman–Crippen MR) is 339 cm³/mol. The number of hydrazone groups is 1. The third-order valence-corrected chi connectivity index (χ3v) is 18.4. The van der Waals surface area contributed by atoms with Gasteiger partial charge < -0.3 is 25.1 Å². The van der Waals surface area contributed by atoms with E-state index in [0.717, 1.165) is 44.5 Å². The number of β-lactam (4-membered cyclic amide) rings is 1. The average Bonchev–Trinajstić information content (AvgIpc) is 1.44. The molecule has 3 aliphatic rings. The van der Waals surface area contributed by atoms with Crippen LogP contribution in [0.4, 0.5) is 5.13 Å². The number of hydrogen-bond donors (Lipinski definition) is 2. The number of nitrogens with zero attached hydrogens (tertiary/aromatic N) is 6. The van der Waals surface area contributed by atoms with E-state index in [0.29, 0.717) is 16.5 Å². The number of thioether (sulfide) groups is 2. The molecular formula is C69H58N8O5S3. The highest BCUT2D eigenvalue weighted by Gasteiger charge is 2.55. The van der Waals surface area contributed by atoms with E-state index >= 15 is 14.4 Å². The fraction of sp³-hybridized carbons (Fsp3) is 0.130. The van der Waals surface area contributed by atoms with Crippen molar-refractivity contribution in [2.45, 2.75) is 34.2 Å². The van der Waals surface area contributed by atoms with Gasteiger partial charge in [-0.3, -0.25) is 19.5 Å². The third-order valence-electron chi connectivity index (χ3n) is 15.2. The first-order valence-corrected chi connectivity index (χ1v) is 30.5. The van der Waals surface area contributed by atoms with Crippen molar-refractivity contribution in [1.29, 1.82) is 0 Å². The minimum Gasteiger partial charge on any atom is -0.448 e. The molecule has 2 unspecified atom stereocenters. The summed E-state index contributed by atoms with van der Waals surface area (Å²) in [4.78, 5) is 61.4. The molecule has 8 aromatic carbocycles. The zero-order valence-electron chi connectivity index (χ0n) is 46.4. The molecule has 9 aromatic rings. The van der Waals surface area contributed by atoms with Crippen LogP contribution >= 0.6 is 34.9 Å². The second-order valence-corrected chi connectivity index (χ2v) is 23.3. The van der Waals surface area contributed by atoms with Gasteiger partial charge in [-0.15, -0.1) is 23.1 Å². The maximum Gasteiger partial charge on any atom is 0.356 e. The number of anilines is 1. The molecule has 2 amide bonds. The van der Waals surface area contributed by atoms with E-state index in [-0.39, 0.29) is 22.6 Å². The lowest BCUT2D eigenvalue weighted by Gasteiger charge is -2.49. The molecule has 0 aliphatic carbocycles. The molecule has 0 saturated carbocycles. The van der Waals surface area contributed by atoms with Gasteiger partial charge in [0.25, 0.3) is 11.8 Å². The first-order chi connectivity index (χ1) is 41.7. The van der Waals surface area contributed by atoms with Crippen molar-refractivity contribution in [3.05, 3.63) is 321 Å². The van der Waals surface area contributed by atoms with Crippen molar-refractivity contribution in [3.8, 4) is 0 Å². The molecule has 85 heavy (non-hydrogen) atoms. The van der Waals surface area contributed by atoms with Crippen molar-refractivity contribution >= 4 is 69.8 Å². The number of carbonyl (C=O) groups is 3. The summed E-state index contributed by atoms with van der Waals surface area (Å²) in [6.07, 6.45) is 2.83. The number of thiazole rings is 1. The van der Waals surface area contributed by atoms with Gasteiger partial charge in [-0.2, -0.15) is 5.10 Å². The van der Waals surface area contributed by atoms with Crippen LogP contribution in [0.1, 0.15) is 56.3 Å². The lowest BCUT2D eigenvalue weighted by atomic mass is 9.77. The molecule has 0 spiro atoms. The Morgan fingerprint density at radius 3 is 1.58 bits per heavy atom. The molecule has 3 atom stereocenters. The Morgan fingerprint density at radius 1 is 0.659 bits per heavy atom. The lowest BCUT2D eigenvalue weighted by Crippen LogP contribution is -2.71. The van der Waals surface area contributed by atoms with Crippen molar-refractivity contribution < 1.29 is 24.0 Å². The number of ether oxygens (including phenoxy) is 1. The zero-order valence-corrected chi connectivity index (χ0v) is 48.8. The highest BCUT2D eigenvalue weighted by Crippen LogP contribution is 2.45. The van der Waals surface area contributed by atoms with Crippen molar-refractivity contribution in [1.82, 2.24) is 25.1 Å². The second-order valence-electron chi connectivity index (χ2n) is 20.4. The van der Waals surface area contributed by atoms with Gasteiger partial charge in [0.05, 0.1) is 0 Å². The fourth-order valence-corrected chi connectivity index (χ4v) is 13.9. The first-order valence-electron chi connectivity index (χ1n) is 27.7. The SMILES string of the molecule is CN1C=NN(C)C1SC=CC1=C(C(=O)OC(c2ccccc2)c2ccccc2)N2C(=O)C(NC(=O)C(=NOC(c3ccccc3)(c3ccccc3)c3ccccc3)c3csc(NC(c4ccccc4)(c4ccccc4)c4ccccc4)n3)[C@@H]2SC1. The summed E-state index contributed by atoms with van der Waals surface area (Å²) >= 11 is 4.25. The van der Waals surface area contributed by atoms with Crippen LogP contribution in [0.5, 0.6) is 0 Å². The Balaban J connectivity index is 0.932. The number of oxime groups is 1. The van der Waals surface area contributed by atoms with Crippen LogP contribution in [0.15, 0.2) is 281 Å². The standard InChI is InChI=1S/C69H58N8O5S3/c1-75-47-70-76(2)67(75)83-44-43-50-45-84-64-59(63(79)77(64)60(50)65(80)81-61(48-27-11-3-12-28-48)49-29-13-4-14-30-49)72-62(78)58(74-82-69(54-37-21-8-22-38-54,55-39-23-9-24-40-55)56-41-25-10-26-42-56)57-46-85-66(71-57)73-68(51-31-15-5-16-32-51,52-33-17-6-18-34-52)53-35-19-7-20-36-53/h3-44,46-47,59,61,64,67H,45H2,1-2H3,(H,71,73)(H,72,78)/t59?,64-,67?/m0/s1. The molecule has 0 bridgehead atoms. The molecule has 2 N–H and O–H groups in total. The van der Waals surface area contributed by atoms with Crippen LogP contribution < -0.4 is 10.6 Å². The van der Waals surface area contributed by atoms with Crippen LogP contribution in [-0.2, 0) is 35.1 Å². The van der Waals surface area contributed by atoms with Gasteiger partial charge in [-0.25, -0.2) is 9.78 Å². The highest BCUT2D eigenvalue weighted by atomic mass is 32.2. The molecule has 422 valence electrons. The van der Waals surface area contributed by atoms with Crippen LogP contribution in [0.3, 0.4) is 0 Å². The van der Waals surface area contributed by atoms with Crippen LogP contribution in [0, 0.1) is 0 Å². The van der Waals surface area contributed by atoms with Crippen LogP contribution in [-0.4, -0.2) is 86.4 Å². The van der Waals surface area contributed by atoms with Gasteiger partial charge in [0, 0.05) is 41.9 Å². The predicted octanol–water partition coefficient (Wildman–Crippen LogP) is 12.6. The number of hydrogen-bond acceptors (Lipinski definition) is 14. The largest absolute Gasteiger partial charge is 0.448 e. The highest BCUT2D eigenvalue weighted by molar-refractivity contribution is 8.02. The molecule has 1 aromatic heterocycles. The quantitative estimate of drug-likeness (QED) is 0.0248. The number of allylic oxidation sites excluding steroid dienone is 1. The smallest absolute Gasteiger partial charge is 0.356 e. The first kappa shape index (κ1) is 56.0. The summed E-state index contributed by atoms with van der Waals surface area (Å²) in [5, 5.41) is 21.5. The second kappa shape index (κ2) is 25.2. The third kappa shape index (κ3) is 11.3. The maximum absolute atomic E-state index is 15.6. The number of fused-ring (bicyclic) bond motifs is 1. The Morgan fingerprint density at radius 2 is 1.12 bits per heavy atom. The van der Waals surface area contributed by atoms with E-state index < -0.39 is 46.4 Å². The maximum atomic E-state index is 15.6. The van der Waals surface area contributed by atoms with Crippen molar-refractivity contribution in [3.63, 3.8) is 0 Å². The summed E-state index contributed by atoms with van der Waals surface area (Å²) in [5.74, 6) is -1.57. The molecule has 13 nitrogen and oxygen atoms in total. The fourth-order valence-electron chi connectivity index (χ4n) is 11.0. The molecular weight excluding hydrogens is 1120 g/mol. The average molecular weight is 1180 g/mol. The summed E-state index contributed by atoms with van der Waals surface area (Å²) in [5.41, 5.74) is 4.94. The normalized spacial score (nSPS) is 17.0. The Labute approximate surface area is 506 Å². The molecule has 3 aliphatic heterocycles. The molecule has 0 radical (unpaired) electrons. The summed E-state index contributed by atoms with van der Waals surface area (Å²) in [6.45, 7) is 0. The minimum atomic E-state index is -1.38. The number of benzene rings is 8. The van der Waals surface area contributed by atoms with E-state index in [1.807, 2.05) is 242 Å². The zero-order chi connectivity index (χ0) is 58.2. The van der Waals surface area contributed by atoms with Gasteiger partial charge in [0.1, 0.15) is 34.7 Å². The summed E-state index contributed by atoms with van der Waals surface area (Å²) in [6, 6.07) is 77.8. The molecule has 16 heteroatoms. The molecule has 4 heterocycles. The molecule has 1 fully saturated rings. The van der Waals surface area contributed by atoms with Gasteiger partial charge in [-0.1, -0.05) is 260 Å². The van der Waals surface area contributed by atoms with Gasteiger partial charge in [0.2, 0.25) is 5.60 Å². The lowest BCUT2D eigenvalue weighted by molar-refractivity contribution is -0.154. The minimum absolute atomic E-state index is 0.0990. The number of amides is 2. The number of nitrogens with one attached hydrogen (secondary N) is 2. The number of rotatable bonds is 20. The Bertz CT molecular complexity index is 3660. The number of esters is 1. The van der Waals surface area contributed by atoms with E-state index in [1.54, 1.807) is 11.7 Å². The van der Waals surface area contributed by atoms with E-state index in [2.05, 4.69) is 52.1 Å². The van der Waals surface area contributed by atoms with Crippen LogP contribution in [0.2, 0.25) is 0 Å². The monoisotopic (exact) mass is 1170 g/mol. The Kier molecular flexibility index (Phi) is 16.6. The summed E-state index contributed by atoms with van der Waals surface area (Å²) in [7, 11) is 3.83. The molecule has 1 saturated heterocycles. The van der Waals surface area contributed by atoms with Gasteiger partial charge in [0.15, 0.2) is 22.4 Å². The van der Waals surface area contributed by atoms with Gasteiger partial charge in [-0.05, 0) is 44.9 Å². The van der Waals surface area contributed by atoms with Crippen molar-refractivity contribution in [2.24, 2.45) is 10.3 Å². The Hall–Kier alpha value is -9.48. The molecule has 12 rings (SSSR count). The topological polar surface area (TPSA) is 141 Å². The van der Waals surface area contributed by atoms with Crippen LogP contribution in [0.25, 0.3) is 0 Å². The van der Waals surface area contributed by atoms with Gasteiger partial charge >= 0.3 is 5.97 Å².